The molecule has 0 saturated heterocycles. The molecular formula is C23H23N. The average Bonchev–Trinajstić information content (AvgIpc) is 2.63. The zero-order valence-corrected chi connectivity index (χ0v) is 14.5. The Labute approximate surface area is 144 Å². The number of para-hydroxylation sites is 2. The van der Waals surface area contributed by atoms with Crippen molar-refractivity contribution in [3.63, 3.8) is 0 Å². The van der Waals surface area contributed by atoms with Crippen LogP contribution in [0.2, 0.25) is 0 Å². The molecule has 3 aromatic carbocycles. The van der Waals surface area contributed by atoms with Crippen molar-refractivity contribution in [3.05, 3.63) is 96.1 Å². The number of hydrogen-bond donors (Lipinski definition) is 0. The largest absolute Gasteiger partial charge is 0.310 e. The first-order valence-corrected chi connectivity index (χ1v) is 8.31. The Hall–Kier alpha value is -2.80. The molecule has 1 nitrogen and oxygen atoms in total. The topological polar surface area (TPSA) is 3.24 Å². The van der Waals surface area contributed by atoms with Gasteiger partial charge < -0.3 is 4.90 Å². The molecule has 24 heavy (non-hydrogen) atoms. The number of rotatable bonds is 4. The van der Waals surface area contributed by atoms with E-state index in [1.807, 2.05) is 0 Å². The number of hydrogen-bond acceptors (Lipinski definition) is 1. The van der Waals surface area contributed by atoms with Crippen LogP contribution in [-0.4, -0.2) is 0 Å². The second kappa shape index (κ2) is 7.18. The van der Waals surface area contributed by atoms with Crippen molar-refractivity contribution < 1.29 is 0 Å². The summed E-state index contributed by atoms with van der Waals surface area (Å²) in [6.07, 6.45) is 0. The van der Waals surface area contributed by atoms with Gasteiger partial charge in [0.2, 0.25) is 0 Å². The molecule has 0 heterocycles. The predicted octanol–water partition coefficient (Wildman–Crippen LogP) is 6.97. The highest BCUT2D eigenvalue weighted by atomic mass is 15.1. The van der Waals surface area contributed by atoms with Gasteiger partial charge in [0.15, 0.2) is 0 Å². The fourth-order valence-electron chi connectivity index (χ4n) is 2.77. The number of anilines is 3. The summed E-state index contributed by atoms with van der Waals surface area (Å²) in [5.74, 6) is 0. The van der Waals surface area contributed by atoms with E-state index in [4.69, 9.17) is 0 Å². The molecular weight excluding hydrogens is 290 g/mol. The zero-order valence-electron chi connectivity index (χ0n) is 14.5. The summed E-state index contributed by atoms with van der Waals surface area (Å²) in [5, 5.41) is 0. The molecule has 0 unspecified atom stereocenters. The van der Waals surface area contributed by atoms with E-state index in [1.165, 1.54) is 22.4 Å². The van der Waals surface area contributed by atoms with Crippen LogP contribution in [0, 0.1) is 0 Å². The van der Waals surface area contributed by atoms with E-state index in [1.54, 1.807) is 0 Å². The van der Waals surface area contributed by atoms with E-state index in [-0.39, 0.29) is 0 Å². The molecule has 0 aliphatic carbocycles. The third kappa shape index (κ3) is 3.41. The van der Waals surface area contributed by atoms with Gasteiger partial charge in [0.05, 0.1) is 0 Å². The van der Waals surface area contributed by atoms with Crippen molar-refractivity contribution in [3.8, 4) is 0 Å². The fourth-order valence-corrected chi connectivity index (χ4v) is 2.77. The van der Waals surface area contributed by atoms with Crippen LogP contribution in [-0.2, 0) is 0 Å². The van der Waals surface area contributed by atoms with Crippen LogP contribution in [0.1, 0.15) is 26.3 Å². The molecule has 0 spiro atoms. The standard InChI is InChI=1S/C23H23N/c1-18(2)19(3)20-11-10-16-23(17-20)24(21-12-6-4-7-13-21)22-14-8-5-9-15-22/h4-17H,1-3H3. The van der Waals surface area contributed by atoms with Crippen LogP contribution >= 0.6 is 0 Å². The van der Waals surface area contributed by atoms with E-state index in [0.717, 1.165) is 11.4 Å². The summed E-state index contributed by atoms with van der Waals surface area (Å²) in [5.41, 5.74) is 7.44. The van der Waals surface area contributed by atoms with Crippen molar-refractivity contribution in [1.29, 1.82) is 0 Å². The summed E-state index contributed by atoms with van der Waals surface area (Å²) in [4.78, 5) is 2.29. The average molecular weight is 313 g/mol. The van der Waals surface area contributed by atoms with Gasteiger partial charge in [0.25, 0.3) is 0 Å². The maximum Gasteiger partial charge on any atom is 0.0467 e. The van der Waals surface area contributed by atoms with Crippen molar-refractivity contribution in [2.24, 2.45) is 0 Å². The lowest BCUT2D eigenvalue weighted by Gasteiger charge is -2.26. The zero-order chi connectivity index (χ0) is 16.9. The number of benzene rings is 3. The van der Waals surface area contributed by atoms with E-state index >= 15 is 0 Å². The fraction of sp³-hybridized carbons (Fsp3) is 0.130. The van der Waals surface area contributed by atoms with E-state index < -0.39 is 0 Å². The van der Waals surface area contributed by atoms with Gasteiger partial charge >= 0.3 is 0 Å². The SMILES string of the molecule is CC(C)=C(C)c1cccc(N(c2ccccc2)c2ccccc2)c1. The van der Waals surface area contributed by atoms with Crippen LogP contribution in [0.25, 0.3) is 5.57 Å². The molecule has 0 atom stereocenters. The Balaban J connectivity index is 2.14. The maximum absolute atomic E-state index is 2.29. The van der Waals surface area contributed by atoms with Gasteiger partial charge in [0.1, 0.15) is 0 Å². The van der Waals surface area contributed by atoms with Gasteiger partial charge in [-0.1, -0.05) is 54.1 Å². The van der Waals surface area contributed by atoms with Gasteiger partial charge in [-0.3, -0.25) is 0 Å². The second-order valence-electron chi connectivity index (χ2n) is 6.18. The number of nitrogens with zero attached hydrogens (tertiary/aromatic N) is 1. The highest BCUT2D eigenvalue weighted by molar-refractivity contribution is 5.79. The molecule has 0 bridgehead atoms. The van der Waals surface area contributed by atoms with E-state index in [2.05, 4.69) is 111 Å². The first-order valence-electron chi connectivity index (χ1n) is 8.31. The lowest BCUT2D eigenvalue weighted by Crippen LogP contribution is -2.09. The Morgan fingerprint density at radius 3 is 1.58 bits per heavy atom. The van der Waals surface area contributed by atoms with Gasteiger partial charge in [-0.25, -0.2) is 0 Å². The summed E-state index contributed by atoms with van der Waals surface area (Å²) in [6.45, 7) is 6.51. The van der Waals surface area contributed by atoms with E-state index in [9.17, 15) is 0 Å². The molecule has 3 rings (SSSR count). The quantitative estimate of drug-likeness (QED) is 0.502. The summed E-state index contributed by atoms with van der Waals surface area (Å²) in [7, 11) is 0. The van der Waals surface area contributed by atoms with Gasteiger partial charge in [-0.05, 0) is 68.3 Å². The van der Waals surface area contributed by atoms with Crippen molar-refractivity contribution in [2.45, 2.75) is 20.8 Å². The maximum atomic E-state index is 2.29. The third-order valence-electron chi connectivity index (χ3n) is 4.32. The Kier molecular flexibility index (Phi) is 4.81. The van der Waals surface area contributed by atoms with Crippen LogP contribution < -0.4 is 4.90 Å². The molecule has 0 aliphatic heterocycles. The van der Waals surface area contributed by atoms with Crippen LogP contribution in [0.5, 0.6) is 0 Å². The second-order valence-corrected chi connectivity index (χ2v) is 6.18. The van der Waals surface area contributed by atoms with Gasteiger partial charge in [0, 0.05) is 17.1 Å². The lowest BCUT2D eigenvalue weighted by molar-refractivity contribution is 1.27. The molecule has 0 saturated carbocycles. The van der Waals surface area contributed by atoms with Crippen LogP contribution in [0.3, 0.4) is 0 Å². The molecule has 3 aromatic rings. The molecule has 0 radical (unpaired) electrons. The molecule has 0 aromatic heterocycles. The van der Waals surface area contributed by atoms with Gasteiger partial charge in [-0.2, -0.15) is 0 Å². The van der Waals surface area contributed by atoms with E-state index in [0.29, 0.717) is 0 Å². The summed E-state index contributed by atoms with van der Waals surface area (Å²) in [6, 6.07) is 29.8. The minimum Gasteiger partial charge on any atom is -0.310 e. The third-order valence-corrected chi connectivity index (χ3v) is 4.32. The summed E-state index contributed by atoms with van der Waals surface area (Å²) >= 11 is 0. The highest BCUT2D eigenvalue weighted by Gasteiger charge is 2.12. The van der Waals surface area contributed by atoms with Crippen molar-refractivity contribution >= 4 is 22.6 Å². The lowest BCUT2D eigenvalue weighted by atomic mass is 10.0. The van der Waals surface area contributed by atoms with Crippen LogP contribution in [0.4, 0.5) is 17.1 Å². The normalized spacial score (nSPS) is 10.3. The smallest absolute Gasteiger partial charge is 0.0467 e. The minimum absolute atomic E-state index is 1.16. The molecule has 1 heteroatoms. The monoisotopic (exact) mass is 313 g/mol. The van der Waals surface area contributed by atoms with Crippen LogP contribution in [0.15, 0.2) is 90.5 Å². The highest BCUT2D eigenvalue weighted by Crippen LogP contribution is 2.35. The molecule has 0 aliphatic rings. The number of allylic oxidation sites excluding steroid dienone is 2. The summed E-state index contributed by atoms with van der Waals surface area (Å²) < 4.78 is 0. The Morgan fingerprint density at radius 2 is 1.08 bits per heavy atom. The van der Waals surface area contributed by atoms with Crippen molar-refractivity contribution in [2.75, 3.05) is 4.90 Å². The molecule has 120 valence electrons. The minimum atomic E-state index is 1.16. The van der Waals surface area contributed by atoms with Crippen molar-refractivity contribution in [1.82, 2.24) is 0 Å². The first kappa shape index (κ1) is 16.1. The predicted molar refractivity (Wildman–Crippen MR) is 105 cm³/mol. The molecule has 0 fully saturated rings. The first-order chi connectivity index (χ1) is 11.7. The molecule has 0 N–H and O–H groups in total. The molecule has 0 amide bonds. The van der Waals surface area contributed by atoms with Gasteiger partial charge in [-0.15, -0.1) is 0 Å². The Bertz CT molecular complexity index is 789. The Morgan fingerprint density at radius 1 is 0.583 bits per heavy atom.